The van der Waals surface area contributed by atoms with Crippen LogP contribution in [0.1, 0.15) is 24.2 Å². The van der Waals surface area contributed by atoms with Crippen molar-refractivity contribution in [2.45, 2.75) is 19.8 Å². The summed E-state index contributed by atoms with van der Waals surface area (Å²) in [6.07, 6.45) is 0. The van der Waals surface area contributed by atoms with Crippen molar-refractivity contribution in [3.63, 3.8) is 0 Å². The molecule has 0 aliphatic heterocycles. The molecule has 0 amide bonds. The molecule has 0 atom stereocenters. The van der Waals surface area contributed by atoms with Crippen molar-refractivity contribution in [3.05, 3.63) is 21.5 Å². The van der Waals surface area contributed by atoms with E-state index in [1.165, 1.54) is 0 Å². The average molecular weight is 173 g/mol. The van der Waals surface area contributed by atoms with Gasteiger partial charge in [-0.05, 0) is 0 Å². The van der Waals surface area contributed by atoms with Gasteiger partial charge in [0.2, 0.25) is 0 Å². The van der Waals surface area contributed by atoms with Crippen LogP contribution in [0, 0.1) is 0 Å². The third-order valence-corrected chi connectivity index (χ3v) is 3.57. The van der Waals surface area contributed by atoms with E-state index in [-0.39, 0.29) is 0 Å². The molecular weight excluding hydrogens is 163 g/mol. The molecule has 0 spiro atoms. The molecule has 0 aromatic carbocycles. The summed E-state index contributed by atoms with van der Waals surface area (Å²) in [5.41, 5.74) is 0. The summed E-state index contributed by atoms with van der Waals surface area (Å²) >= 11 is 0.689. The van der Waals surface area contributed by atoms with Crippen LogP contribution >= 0.6 is 0 Å². The van der Waals surface area contributed by atoms with E-state index in [1.54, 1.807) is 4.44 Å². The number of rotatable bonds is 1. The Morgan fingerprint density at radius 2 is 2.25 bits per heavy atom. The summed E-state index contributed by atoms with van der Waals surface area (Å²) in [7, 11) is 0. The van der Waals surface area contributed by atoms with Gasteiger partial charge < -0.3 is 0 Å². The first kappa shape index (κ1) is 6.12. The van der Waals surface area contributed by atoms with Crippen molar-refractivity contribution in [3.8, 4) is 0 Å². The predicted molar refractivity (Wildman–Crippen MR) is 37.5 cm³/mol. The van der Waals surface area contributed by atoms with Gasteiger partial charge in [-0.3, -0.25) is 0 Å². The summed E-state index contributed by atoms with van der Waals surface area (Å²) in [4.78, 5) is 2.27. The second-order valence-corrected chi connectivity index (χ2v) is 4.22. The van der Waals surface area contributed by atoms with Crippen LogP contribution in [0.3, 0.4) is 0 Å². The molecule has 44 valence electrons. The molecule has 0 unspecified atom stereocenters. The van der Waals surface area contributed by atoms with Gasteiger partial charge in [0.25, 0.3) is 0 Å². The van der Waals surface area contributed by atoms with Crippen molar-refractivity contribution >= 4 is 14.5 Å². The van der Waals surface area contributed by atoms with Crippen LogP contribution in [0.4, 0.5) is 0 Å². The third kappa shape index (κ3) is 1.24. The van der Waals surface area contributed by atoms with Crippen molar-refractivity contribution in [2.75, 3.05) is 0 Å². The predicted octanol–water partition coefficient (Wildman–Crippen LogP) is 1.87. The maximum absolute atomic E-state index is 2.27. The molecule has 0 saturated carbocycles. The summed E-state index contributed by atoms with van der Waals surface area (Å²) in [6.45, 7) is 4.50. The van der Waals surface area contributed by atoms with E-state index in [2.05, 4.69) is 30.9 Å². The van der Waals surface area contributed by atoms with Gasteiger partial charge in [0.15, 0.2) is 0 Å². The normalized spacial score (nSPS) is 10.4. The Labute approximate surface area is 56.3 Å². The zero-order chi connectivity index (χ0) is 5.98. The molecule has 0 aliphatic carbocycles. The Hall–Kier alpha value is -0.000519. The fourth-order valence-electron chi connectivity index (χ4n) is 0.620. The zero-order valence-electron chi connectivity index (χ0n) is 5.22. The van der Waals surface area contributed by atoms with Crippen LogP contribution in [0.2, 0.25) is 0 Å². The van der Waals surface area contributed by atoms with Crippen LogP contribution in [0.25, 0.3) is 0 Å². The summed E-state index contributed by atoms with van der Waals surface area (Å²) in [5, 5.41) is 0. The molecule has 0 aliphatic rings. The van der Waals surface area contributed by atoms with E-state index in [4.69, 9.17) is 0 Å². The fraction of sp³-hybridized carbons (Fsp3) is 0.429. The molecule has 1 aromatic heterocycles. The Morgan fingerprint density at radius 1 is 1.50 bits per heavy atom. The van der Waals surface area contributed by atoms with E-state index >= 15 is 0 Å². The van der Waals surface area contributed by atoms with Crippen LogP contribution < -0.4 is 0 Å². The molecule has 0 bridgehead atoms. The minimum absolute atomic E-state index is 0.689. The first-order valence-electron chi connectivity index (χ1n) is 2.84. The first-order chi connectivity index (χ1) is 3.80. The monoisotopic (exact) mass is 174 g/mol. The quantitative estimate of drug-likeness (QED) is 0.568. The van der Waals surface area contributed by atoms with Gasteiger partial charge in [0.1, 0.15) is 0 Å². The fourth-order valence-corrected chi connectivity index (χ4v) is 2.18. The van der Waals surface area contributed by atoms with Crippen molar-refractivity contribution in [1.82, 2.24) is 0 Å². The molecule has 0 saturated heterocycles. The van der Waals surface area contributed by atoms with Gasteiger partial charge in [-0.25, -0.2) is 0 Å². The second kappa shape index (κ2) is 2.52. The minimum atomic E-state index is 0.689. The van der Waals surface area contributed by atoms with E-state index in [0.29, 0.717) is 14.5 Å². The Balaban J connectivity index is 2.77. The van der Waals surface area contributed by atoms with Crippen molar-refractivity contribution < 1.29 is 0 Å². The maximum atomic E-state index is 2.27. The zero-order valence-corrected chi connectivity index (χ0v) is 6.93. The number of hydrogen-bond acceptors (Lipinski definition) is 0. The summed E-state index contributed by atoms with van der Waals surface area (Å²) in [6, 6.07) is 4.40. The molecule has 8 heavy (non-hydrogen) atoms. The molecule has 0 nitrogen and oxygen atoms in total. The molecule has 0 fully saturated rings. The molecule has 1 rings (SSSR count). The Kier molecular flexibility index (Phi) is 1.93. The molecule has 1 heterocycles. The standard InChI is InChI=1S/C7H10Se/c1-6(2)7-4-3-5-8-7/h3-6H,1-2H3. The van der Waals surface area contributed by atoms with Crippen molar-refractivity contribution in [2.24, 2.45) is 0 Å². The first-order valence-corrected chi connectivity index (χ1v) is 4.68. The van der Waals surface area contributed by atoms with E-state index in [9.17, 15) is 0 Å². The Morgan fingerprint density at radius 3 is 2.50 bits per heavy atom. The third-order valence-electron chi connectivity index (χ3n) is 1.11. The van der Waals surface area contributed by atoms with Crippen molar-refractivity contribution in [1.29, 1.82) is 0 Å². The molecule has 0 N–H and O–H groups in total. The van der Waals surface area contributed by atoms with Gasteiger partial charge in [-0.2, -0.15) is 0 Å². The van der Waals surface area contributed by atoms with Crippen LogP contribution in [-0.2, 0) is 0 Å². The second-order valence-electron chi connectivity index (χ2n) is 2.17. The topological polar surface area (TPSA) is 0 Å². The van der Waals surface area contributed by atoms with Crippen LogP contribution in [0.15, 0.2) is 17.1 Å². The molecule has 0 radical (unpaired) electrons. The van der Waals surface area contributed by atoms with E-state index in [0.717, 1.165) is 5.92 Å². The molecule has 1 aromatic rings. The molecule has 1 heteroatoms. The molecular formula is C7H10Se. The van der Waals surface area contributed by atoms with Gasteiger partial charge in [-0.1, -0.05) is 0 Å². The summed E-state index contributed by atoms with van der Waals surface area (Å²) < 4.78 is 1.62. The van der Waals surface area contributed by atoms with Gasteiger partial charge in [-0.15, -0.1) is 0 Å². The van der Waals surface area contributed by atoms with Gasteiger partial charge in [0.05, 0.1) is 0 Å². The van der Waals surface area contributed by atoms with E-state index < -0.39 is 0 Å². The summed E-state index contributed by atoms with van der Waals surface area (Å²) in [5.74, 6) is 0.769. The van der Waals surface area contributed by atoms with Gasteiger partial charge >= 0.3 is 55.8 Å². The van der Waals surface area contributed by atoms with Crippen LogP contribution in [-0.4, -0.2) is 14.5 Å². The number of hydrogen-bond donors (Lipinski definition) is 0. The Bertz CT molecular complexity index is 139. The average Bonchev–Trinajstić information content (AvgIpc) is 2.12. The van der Waals surface area contributed by atoms with Gasteiger partial charge in [0, 0.05) is 0 Å². The van der Waals surface area contributed by atoms with E-state index in [1.807, 2.05) is 0 Å². The SMILES string of the molecule is CC(C)c1ccc[se]1. The van der Waals surface area contributed by atoms with Crippen LogP contribution in [0.5, 0.6) is 0 Å².